The summed E-state index contributed by atoms with van der Waals surface area (Å²) in [5.74, 6) is 2.05. The number of benzene rings is 1. The Morgan fingerprint density at radius 3 is 2.54 bits per heavy atom. The van der Waals surface area contributed by atoms with Gasteiger partial charge in [0.2, 0.25) is 0 Å². The van der Waals surface area contributed by atoms with Crippen LogP contribution < -0.4 is 5.32 Å². The van der Waals surface area contributed by atoms with E-state index < -0.39 is 0 Å². The van der Waals surface area contributed by atoms with Gasteiger partial charge >= 0.3 is 0 Å². The van der Waals surface area contributed by atoms with Crippen LogP contribution in [-0.2, 0) is 19.6 Å². The van der Waals surface area contributed by atoms with Gasteiger partial charge in [-0.15, -0.1) is 0 Å². The fourth-order valence-electron chi connectivity index (χ4n) is 3.38. The lowest BCUT2D eigenvalue weighted by Gasteiger charge is -2.28. The number of amides is 1. The van der Waals surface area contributed by atoms with Crippen LogP contribution in [0.5, 0.6) is 0 Å². The molecule has 2 aromatic rings. The Morgan fingerprint density at radius 2 is 1.88 bits per heavy atom. The van der Waals surface area contributed by atoms with Gasteiger partial charge < -0.3 is 9.88 Å². The van der Waals surface area contributed by atoms with Crippen molar-refractivity contribution >= 4 is 5.91 Å². The SMILES string of the molecule is CC(C)CN1CCn2cc(C(=O)NCc3ccc(C(C)C)cc3)nc2C1. The first-order valence-electron chi connectivity index (χ1n) is 9.58. The molecule has 5 nitrogen and oxygen atoms in total. The summed E-state index contributed by atoms with van der Waals surface area (Å²) in [6, 6.07) is 8.42. The molecule has 0 unspecified atom stereocenters. The molecule has 0 aliphatic carbocycles. The average molecular weight is 354 g/mol. The van der Waals surface area contributed by atoms with E-state index in [0.717, 1.165) is 37.6 Å². The van der Waals surface area contributed by atoms with Crippen LogP contribution in [0.25, 0.3) is 0 Å². The first kappa shape index (κ1) is 18.6. The van der Waals surface area contributed by atoms with Crippen molar-refractivity contribution in [2.45, 2.75) is 53.2 Å². The highest BCUT2D eigenvalue weighted by Gasteiger charge is 2.21. The highest BCUT2D eigenvalue weighted by atomic mass is 16.1. The molecular weight excluding hydrogens is 324 g/mol. The normalized spacial score (nSPS) is 14.7. The van der Waals surface area contributed by atoms with Crippen LogP contribution in [-0.4, -0.2) is 33.4 Å². The highest BCUT2D eigenvalue weighted by Crippen LogP contribution is 2.16. The number of nitrogens with zero attached hydrogens (tertiary/aromatic N) is 3. The Balaban J connectivity index is 1.58. The third kappa shape index (κ3) is 4.52. The molecule has 1 aromatic heterocycles. The Labute approximate surface area is 156 Å². The van der Waals surface area contributed by atoms with Gasteiger partial charge in [-0.1, -0.05) is 52.0 Å². The minimum atomic E-state index is -0.102. The summed E-state index contributed by atoms with van der Waals surface area (Å²) in [4.78, 5) is 19.4. The van der Waals surface area contributed by atoms with Crippen LogP contribution in [0.4, 0.5) is 0 Å². The van der Waals surface area contributed by atoms with Crippen molar-refractivity contribution < 1.29 is 4.79 Å². The molecule has 0 saturated heterocycles. The molecule has 1 amide bonds. The summed E-state index contributed by atoms with van der Waals surface area (Å²) in [5, 5.41) is 2.99. The molecule has 0 radical (unpaired) electrons. The lowest BCUT2D eigenvalue weighted by atomic mass is 10.0. The van der Waals surface area contributed by atoms with Crippen molar-refractivity contribution in [3.05, 3.63) is 53.1 Å². The minimum absolute atomic E-state index is 0.102. The van der Waals surface area contributed by atoms with E-state index in [1.807, 2.05) is 6.20 Å². The van der Waals surface area contributed by atoms with Gasteiger partial charge in [-0.3, -0.25) is 9.69 Å². The van der Waals surface area contributed by atoms with Crippen LogP contribution in [0.3, 0.4) is 0 Å². The molecule has 0 spiro atoms. The first-order valence-corrected chi connectivity index (χ1v) is 9.58. The van der Waals surface area contributed by atoms with Crippen molar-refractivity contribution in [2.24, 2.45) is 5.92 Å². The zero-order valence-electron chi connectivity index (χ0n) is 16.3. The number of nitrogens with one attached hydrogen (secondary N) is 1. The standard InChI is InChI=1S/C21H30N4O/c1-15(2)12-24-9-10-25-13-19(23-20(25)14-24)21(26)22-11-17-5-7-18(8-6-17)16(3)4/h5-8,13,15-16H,9-12,14H2,1-4H3,(H,22,26). The Morgan fingerprint density at radius 1 is 1.15 bits per heavy atom. The summed E-state index contributed by atoms with van der Waals surface area (Å²) >= 11 is 0. The van der Waals surface area contributed by atoms with Crippen LogP contribution >= 0.6 is 0 Å². The fourth-order valence-corrected chi connectivity index (χ4v) is 3.38. The molecule has 0 saturated carbocycles. The van der Waals surface area contributed by atoms with E-state index in [2.05, 4.69) is 71.7 Å². The van der Waals surface area contributed by atoms with Gasteiger partial charge in [0.05, 0.1) is 6.54 Å². The summed E-state index contributed by atoms with van der Waals surface area (Å²) in [5.41, 5.74) is 2.94. The Bertz CT molecular complexity index is 746. The second-order valence-corrected chi connectivity index (χ2v) is 7.94. The zero-order chi connectivity index (χ0) is 18.7. The Kier molecular flexibility index (Phi) is 5.77. The predicted octanol–water partition coefficient (Wildman–Crippen LogP) is 3.41. The number of fused-ring (bicyclic) bond motifs is 1. The smallest absolute Gasteiger partial charge is 0.271 e. The monoisotopic (exact) mass is 354 g/mol. The largest absolute Gasteiger partial charge is 0.347 e. The summed E-state index contributed by atoms with van der Waals surface area (Å²) in [7, 11) is 0. The molecule has 1 aliphatic heterocycles. The third-order valence-corrected chi connectivity index (χ3v) is 4.84. The van der Waals surface area contributed by atoms with Gasteiger partial charge in [0, 0.05) is 32.4 Å². The molecule has 1 aliphatic rings. The molecule has 26 heavy (non-hydrogen) atoms. The van der Waals surface area contributed by atoms with Crippen LogP contribution in [0.2, 0.25) is 0 Å². The van der Waals surface area contributed by atoms with E-state index in [-0.39, 0.29) is 5.91 Å². The fraction of sp³-hybridized carbons (Fsp3) is 0.524. The van der Waals surface area contributed by atoms with E-state index in [1.165, 1.54) is 5.56 Å². The van der Waals surface area contributed by atoms with E-state index in [0.29, 0.717) is 24.1 Å². The van der Waals surface area contributed by atoms with Gasteiger partial charge in [0.15, 0.2) is 0 Å². The van der Waals surface area contributed by atoms with Crippen molar-refractivity contribution in [3.8, 4) is 0 Å². The summed E-state index contributed by atoms with van der Waals surface area (Å²) < 4.78 is 2.11. The third-order valence-electron chi connectivity index (χ3n) is 4.84. The maximum Gasteiger partial charge on any atom is 0.271 e. The average Bonchev–Trinajstić information content (AvgIpc) is 3.03. The molecule has 3 rings (SSSR count). The van der Waals surface area contributed by atoms with Gasteiger partial charge in [-0.05, 0) is 23.0 Å². The molecule has 5 heteroatoms. The van der Waals surface area contributed by atoms with E-state index in [1.54, 1.807) is 0 Å². The Hall–Kier alpha value is -2.14. The van der Waals surface area contributed by atoms with Gasteiger partial charge in [-0.25, -0.2) is 4.98 Å². The molecule has 0 atom stereocenters. The maximum absolute atomic E-state index is 12.5. The van der Waals surface area contributed by atoms with Crippen LogP contribution in [0.15, 0.2) is 30.5 Å². The van der Waals surface area contributed by atoms with Crippen molar-refractivity contribution in [2.75, 3.05) is 13.1 Å². The van der Waals surface area contributed by atoms with E-state index in [9.17, 15) is 4.79 Å². The van der Waals surface area contributed by atoms with Gasteiger partial charge in [-0.2, -0.15) is 0 Å². The molecule has 0 bridgehead atoms. The van der Waals surface area contributed by atoms with Crippen LogP contribution in [0, 0.1) is 5.92 Å². The topological polar surface area (TPSA) is 50.2 Å². The highest BCUT2D eigenvalue weighted by molar-refractivity contribution is 5.92. The number of carbonyl (C=O) groups excluding carboxylic acids is 1. The number of carbonyl (C=O) groups is 1. The molecule has 140 valence electrons. The van der Waals surface area contributed by atoms with E-state index in [4.69, 9.17) is 0 Å². The molecular formula is C21H30N4O. The molecule has 1 N–H and O–H groups in total. The number of hydrogen-bond donors (Lipinski definition) is 1. The number of aromatic nitrogens is 2. The van der Waals surface area contributed by atoms with Crippen molar-refractivity contribution in [1.82, 2.24) is 19.8 Å². The lowest BCUT2D eigenvalue weighted by Crippen LogP contribution is -2.35. The minimum Gasteiger partial charge on any atom is -0.347 e. The summed E-state index contributed by atoms with van der Waals surface area (Å²) in [6.07, 6.45) is 1.89. The number of imidazole rings is 1. The first-order chi connectivity index (χ1) is 12.4. The second kappa shape index (κ2) is 8.04. The van der Waals surface area contributed by atoms with Crippen molar-refractivity contribution in [1.29, 1.82) is 0 Å². The van der Waals surface area contributed by atoms with Crippen LogP contribution in [0.1, 0.15) is 61.1 Å². The lowest BCUT2D eigenvalue weighted by molar-refractivity contribution is 0.0946. The zero-order valence-corrected chi connectivity index (χ0v) is 16.3. The molecule has 0 fully saturated rings. The molecule has 1 aromatic carbocycles. The summed E-state index contributed by atoms with van der Waals surface area (Å²) in [6.45, 7) is 13.2. The van der Waals surface area contributed by atoms with Crippen molar-refractivity contribution in [3.63, 3.8) is 0 Å². The predicted molar refractivity (Wildman–Crippen MR) is 104 cm³/mol. The van der Waals surface area contributed by atoms with Gasteiger partial charge in [0.25, 0.3) is 5.91 Å². The van der Waals surface area contributed by atoms with Gasteiger partial charge in [0.1, 0.15) is 11.5 Å². The quantitative estimate of drug-likeness (QED) is 0.865. The maximum atomic E-state index is 12.5. The number of rotatable bonds is 6. The second-order valence-electron chi connectivity index (χ2n) is 7.94. The molecule has 2 heterocycles. The van der Waals surface area contributed by atoms with E-state index >= 15 is 0 Å². The number of hydrogen-bond acceptors (Lipinski definition) is 3.